The highest BCUT2D eigenvalue weighted by Crippen LogP contribution is 2.46. The molecule has 6 heteroatoms. The summed E-state index contributed by atoms with van der Waals surface area (Å²) in [5.74, 6) is -2.00. The Morgan fingerprint density at radius 1 is 1.18 bits per heavy atom. The predicted molar refractivity (Wildman–Crippen MR) is 81.4 cm³/mol. The fourth-order valence-electron chi connectivity index (χ4n) is 2.40. The van der Waals surface area contributed by atoms with Crippen molar-refractivity contribution in [3.8, 4) is 0 Å². The average molecular weight is 317 g/mol. The number of aliphatic carboxylic acids is 1. The Labute approximate surface area is 130 Å². The molecule has 22 heavy (non-hydrogen) atoms. The number of rotatable bonds is 3. The second-order valence-electron chi connectivity index (χ2n) is 4.81. The summed E-state index contributed by atoms with van der Waals surface area (Å²) < 4.78 is 14.0. The van der Waals surface area contributed by atoms with Gasteiger partial charge in [-0.1, -0.05) is 30.3 Å². The number of nitrogens with zero attached hydrogens (tertiary/aromatic N) is 1. The van der Waals surface area contributed by atoms with E-state index in [1.165, 1.54) is 22.7 Å². The molecule has 1 aliphatic heterocycles. The Kier molecular flexibility index (Phi) is 3.85. The van der Waals surface area contributed by atoms with Crippen molar-refractivity contribution in [2.75, 3.05) is 11.4 Å². The van der Waals surface area contributed by atoms with Crippen molar-refractivity contribution < 1.29 is 19.1 Å². The number of fused-ring (bicyclic) bond motifs is 1. The third-order valence-corrected chi connectivity index (χ3v) is 4.66. The fourth-order valence-corrected chi connectivity index (χ4v) is 3.66. The summed E-state index contributed by atoms with van der Waals surface area (Å²) in [5, 5.41) is 8.26. The van der Waals surface area contributed by atoms with Crippen molar-refractivity contribution in [1.29, 1.82) is 0 Å². The summed E-state index contributed by atoms with van der Waals surface area (Å²) in [6.45, 7) is -0.443. The van der Waals surface area contributed by atoms with E-state index in [1.807, 2.05) is 0 Å². The molecule has 1 atom stereocenters. The summed E-state index contributed by atoms with van der Waals surface area (Å²) in [4.78, 5) is 25.7. The molecule has 1 aliphatic rings. The number of carboxylic acid groups (broad SMARTS) is 1. The fraction of sp³-hybridized carbons (Fsp3) is 0.125. The highest BCUT2D eigenvalue weighted by molar-refractivity contribution is 8.00. The second-order valence-corrected chi connectivity index (χ2v) is 5.95. The molecule has 0 radical (unpaired) electrons. The molecule has 1 N–H and O–H groups in total. The molecular formula is C16H12FNO3S. The van der Waals surface area contributed by atoms with Crippen LogP contribution in [0.4, 0.5) is 10.1 Å². The quantitative estimate of drug-likeness (QED) is 0.945. The van der Waals surface area contributed by atoms with E-state index in [2.05, 4.69) is 0 Å². The van der Waals surface area contributed by atoms with Crippen LogP contribution in [-0.4, -0.2) is 23.5 Å². The molecule has 0 fully saturated rings. The van der Waals surface area contributed by atoms with Crippen LogP contribution < -0.4 is 4.90 Å². The van der Waals surface area contributed by atoms with Gasteiger partial charge in [-0.2, -0.15) is 0 Å². The lowest BCUT2D eigenvalue weighted by Crippen LogP contribution is -2.40. The van der Waals surface area contributed by atoms with Gasteiger partial charge in [0.2, 0.25) is 5.91 Å². The zero-order valence-corrected chi connectivity index (χ0v) is 12.2. The standard InChI is InChI=1S/C16H12FNO3S/c17-11-6-2-1-5-10(11)15-16(21)18(9-14(19)20)12-7-3-4-8-13(12)22-15/h1-8,15H,9H2,(H,19,20). The molecule has 1 heterocycles. The van der Waals surface area contributed by atoms with Gasteiger partial charge in [-0.05, 0) is 18.2 Å². The topological polar surface area (TPSA) is 57.6 Å². The number of thioether (sulfide) groups is 1. The molecule has 1 amide bonds. The van der Waals surface area contributed by atoms with E-state index in [0.717, 1.165) is 4.90 Å². The van der Waals surface area contributed by atoms with Crippen LogP contribution in [0.15, 0.2) is 53.4 Å². The van der Waals surface area contributed by atoms with Gasteiger partial charge in [-0.15, -0.1) is 11.8 Å². The summed E-state index contributed by atoms with van der Waals surface area (Å²) in [6, 6.07) is 13.1. The van der Waals surface area contributed by atoms with E-state index in [9.17, 15) is 14.0 Å². The zero-order chi connectivity index (χ0) is 15.7. The SMILES string of the molecule is O=C(O)CN1C(=O)C(c2ccccc2F)Sc2ccccc21. The van der Waals surface area contributed by atoms with Gasteiger partial charge in [-0.25, -0.2) is 4.39 Å². The third-order valence-electron chi connectivity index (χ3n) is 3.37. The molecule has 2 aromatic rings. The number of hydrogen-bond donors (Lipinski definition) is 1. The number of carboxylic acids is 1. The first-order chi connectivity index (χ1) is 10.6. The molecule has 0 spiro atoms. The first-order valence-corrected chi connectivity index (χ1v) is 7.49. The van der Waals surface area contributed by atoms with Gasteiger partial charge in [0.15, 0.2) is 0 Å². The molecule has 0 saturated heterocycles. The van der Waals surface area contributed by atoms with Crippen LogP contribution in [0, 0.1) is 5.82 Å². The minimum absolute atomic E-state index is 0.266. The van der Waals surface area contributed by atoms with Gasteiger partial charge < -0.3 is 5.11 Å². The first-order valence-electron chi connectivity index (χ1n) is 6.61. The van der Waals surface area contributed by atoms with Crippen LogP contribution >= 0.6 is 11.8 Å². The van der Waals surface area contributed by atoms with Crippen LogP contribution in [0.25, 0.3) is 0 Å². The summed E-state index contributed by atoms with van der Waals surface area (Å²) in [6.07, 6.45) is 0. The normalized spacial score (nSPS) is 17.2. The van der Waals surface area contributed by atoms with Crippen molar-refractivity contribution in [2.24, 2.45) is 0 Å². The molecular weight excluding hydrogens is 305 g/mol. The van der Waals surface area contributed by atoms with Crippen molar-refractivity contribution in [3.63, 3.8) is 0 Å². The number of para-hydroxylation sites is 1. The maximum absolute atomic E-state index is 14.0. The lowest BCUT2D eigenvalue weighted by molar-refractivity contribution is -0.136. The smallest absolute Gasteiger partial charge is 0.323 e. The van der Waals surface area contributed by atoms with E-state index in [1.54, 1.807) is 42.5 Å². The van der Waals surface area contributed by atoms with Gasteiger partial charge in [0, 0.05) is 10.5 Å². The minimum Gasteiger partial charge on any atom is -0.480 e. The van der Waals surface area contributed by atoms with Crippen molar-refractivity contribution in [3.05, 3.63) is 59.9 Å². The van der Waals surface area contributed by atoms with Crippen LogP contribution in [0.1, 0.15) is 10.8 Å². The molecule has 2 aromatic carbocycles. The van der Waals surface area contributed by atoms with E-state index in [0.29, 0.717) is 5.69 Å². The number of carbonyl (C=O) groups excluding carboxylic acids is 1. The van der Waals surface area contributed by atoms with Gasteiger partial charge in [0.1, 0.15) is 17.6 Å². The van der Waals surface area contributed by atoms with Crippen LogP contribution in [0.2, 0.25) is 0 Å². The number of benzene rings is 2. The van der Waals surface area contributed by atoms with Gasteiger partial charge in [0.25, 0.3) is 0 Å². The lowest BCUT2D eigenvalue weighted by atomic mass is 10.1. The zero-order valence-electron chi connectivity index (χ0n) is 11.4. The second kappa shape index (κ2) is 5.81. The summed E-state index contributed by atoms with van der Waals surface area (Å²) in [7, 11) is 0. The molecule has 0 aliphatic carbocycles. The Hall–Kier alpha value is -2.34. The lowest BCUT2D eigenvalue weighted by Gasteiger charge is -2.32. The number of amides is 1. The number of anilines is 1. The largest absolute Gasteiger partial charge is 0.480 e. The Morgan fingerprint density at radius 3 is 2.59 bits per heavy atom. The van der Waals surface area contributed by atoms with E-state index < -0.39 is 29.5 Å². The molecule has 0 bridgehead atoms. The van der Waals surface area contributed by atoms with Crippen LogP contribution in [0.3, 0.4) is 0 Å². The first kappa shape index (κ1) is 14.6. The number of carbonyl (C=O) groups is 2. The maximum Gasteiger partial charge on any atom is 0.323 e. The number of halogens is 1. The van der Waals surface area contributed by atoms with E-state index >= 15 is 0 Å². The molecule has 0 aromatic heterocycles. The van der Waals surface area contributed by atoms with Gasteiger partial charge in [0.05, 0.1) is 5.69 Å². The van der Waals surface area contributed by atoms with E-state index in [4.69, 9.17) is 5.11 Å². The summed E-state index contributed by atoms with van der Waals surface area (Å²) in [5.41, 5.74) is 0.815. The van der Waals surface area contributed by atoms with Crippen LogP contribution in [0.5, 0.6) is 0 Å². The highest BCUT2D eigenvalue weighted by Gasteiger charge is 2.36. The van der Waals surface area contributed by atoms with Crippen molar-refractivity contribution >= 4 is 29.3 Å². The molecule has 0 saturated carbocycles. The molecule has 112 valence electrons. The van der Waals surface area contributed by atoms with Crippen LogP contribution in [-0.2, 0) is 9.59 Å². The van der Waals surface area contributed by atoms with Crippen molar-refractivity contribution in [1.82, 2.24) is 0 Å². The summed E-state index contributed by atoms with van der Waals surface area (Å²) >= 11 is 1.24. The average Bonchev–Trinajstić information content (AvgIpc) is 2.50. The van der Waals surface area contributed by atoms with Gasteiger partial charge >= 0.3 is 5.97 Å². The Balaban J connectivity index is 2.07. The maximum atomic E-state index is 14.0. The van der Waals surface area contributed by atoms with E-state index in [-0.39, 0.29) is 5.56 Å². The predicted octanol–water partition coefficient (Wildman–Crippen LogP) is 3.09. The Morgan fingerprint density at radius 2 is 1.86 bits per heavy atom. The van der Waals surface area contributed by atoms with Gasteiger partial charge in [-0.3, -0.25) is 14.5 Å². The number of hydrogen-bond acceptors (Lipinski definition) is 3. The Bertz CT molecular complexity index is 750. The highest BCUT2D eigenvalue weighted by atomic mass is 32.2. The minimum atomic E-state index is -1.11. The van der Waals surface area contributed by atoms with Crippen molar-refractivity contribution in [2.45, 2.75) is 10.1 Å². The third kappa shape index (κ3) is 2.57. The molecule has 3 rings (SSSR count). The molecule has 4 nitrogen and oxygen atoms in total. The monoisotopic (exact) mass is 317 g/mol. The molecule has 1 unspecified atom stereocenters.